The third-order valence-corrected chi connectivity index (χ3v) is 6.53. The monoisotopic (exact) mass is 350 g/mol. The van der Waals surface area contributed by atoms with E-state index in [1.807, 2.05) is 12.1 Å². The van der Waals surface area contributed by atoms with Crippen LogP contribution in [0, 0.1) is 23.7 Å². The summed E-state index contributed by atoms with van der Waals surface area (Å²) >= 11 is 0. The van der Waals surface area contributed by atoms with Gasteiger partial charge in [-0.05, 0) is 61.1 Å². The van der Waals surface area contributed by atoms with E-state index in [1.54, 1.807) is 0 Å². The topological polar surface area (TPSA) is 66.5 Å². The number of likely N-dealkylation sites (tertiary alicyclic amines) is 1. The van der Waals surface area contributed by atoms with E-state index in [0.29, 0.717) is 0 Å². The summed E-state index contributed by atoms with van der Waals surface area (Å²) in [6, 6.07) is 5.98. The van der Waals surface area contributed by atoms with Crippen LogP contribution in [0.2, 0.25) is 0 Å². The van der Waals surface area contributed by atoms with Crippen LogP contribution in [0.5, 0.6) is 0 Å². The normalized spacial score (nSPS) is 31.3. The fourth-order valence-electron chi connectivity index (χ4n) is 5.35. The van der Waals surface area contributed by atoms with Crippen molar-refractivity contribution >= 4 is 23.4 Å². The molecule has 0 spiro atoms. The average Bonchev–Trinajstić information content (AvgIpc) is 3.32. The molecule has 0 aromatic heterocycles. The van der Waals surface area contributed by atoms with E-state index in [-0.39, 0.29) is 47.9 Å². The SMILES string of the molecule is O=C(CN1C(=O)[C@@H]2[C@H](C1=O)[C@@H]1C=C[C@H]2C1)Nc1cccc2c1CCCC2. The van der Waals surface area contributed by atoms with E-state index in [9.17, 15) is 14.4 Å². The average molecular weight is 350 g/mol. The van der Waals surface area contributed by atoms with Crippen molar-refractivity contribution in [3.8, 4) is 0 Å². The lowest BCUT2D eigenvalue weighted by Gasteiger charge is -2.21. The second-order valence-electron chi connectivity index (χ2n) is 7.96. The Morgan fingerprint density at radius 2 is 1.73 bits per heavy atom. The van der Waals surface area contributed by atoms with Gasteiger partial charge in [0.2, 0.25) is 17.7 Å². The van der Waals surface area contributed by atoms with E-state index in [1.165, 1.54) is 22.4 Å². The summed E-state index contributed by atoms with van der Waals surface area (Å²) in [7, 11) is 0. The van der Waals surface area contributed by atoms with Gasteiger partial charge in [-0.1, -0.05) is 24.3 Å². The summed E-state index contributed by atoms with van der Waals surface area (Å²) in [4.78, 5) is 39.2. The molecule has 26 heavy (non-hydrogen) atoms. The molecular weight excluding hydrogens is 328 g/mol. The Hall–Kier alpha value is -2.43. The van der Waals surface area contributed by atoms with Gasteiger partial charge in [0.1, 0.15) is 6.54 Å². The largest absolute Gasteiger partial charge is 0.324 e. The van der Waals surface area contributed by atoms with Crippen LogP contribution >= 0.6 is 0 Å². The molecule has 1 N–H and O–H groups in total. The maximum Gasteiger partial charge on any atom is 0.244 e. The quantitative estimate of drug-likeness (QED) is 0.672. The van der Waals surface area contributed by atoms with E-state index in [0.717, 1.165) is 31.4 Å². The summed E-state index contributed by atoms with van der Waals surface area (Å²) < 4.78 is 0. The van der Waals surface area contributed by atoms with Crippen LogP contribution in [0.15, 0.2) is 30.4 Å². The number of aryl methyl sites for hydroxylation is 1. The molecule has 5 heteroatoms. The minimum Gasteiger partial charge on any atom is -0.324 e. The zero-order chi connectivity index (χ0) is 17.8. The van der Waals surface area contributed by atoms with Crippen molar-refractivity contribution in [3.63, 3.8) is 0 Å². The van der Waals surface area contributed by atoms with Gasteiger partial charge >= 0.3 is 0 Å². The maximum atomic E-state index is 12.7. The third kappa shape index (κ3) is 2.26. The molecule has 0 unspecified atom stereocenters. The molecule has 0 radical (unpaired) electrons. The second-order valence-corrected chi connectivity index (χ2v) is 7.96. The highest BCUT2D eigenvalue weighted by Gasteiger charge is 2.59. The maximum absolute atomic E-state index is 12.7. The first-order valence-electron chi connectivity index (χ1n) is 9.57. The minimum atomic E-state index is -0.286. The number of nitrogens with zero attached hydrogens (tertiary/aromatic N) is 1. The lowest BCUT2D eigenvalue weighted by Crippen LogP contribution is -2.39. The molecule has 2 fully saturated rings. The zero-order valence-corrected chi connectivity index (χ0v) is 14.6. The molecule has 1 saturated carbocycles. The predicted molar refractivity (Wildman–Crippen MR) is 96.2 cm³/mol. The number of hydrogen-bond donors (Lipinski definition) is 1. The Bertz CT molecular complexity index is 814. The van der Waals surface area contributed by atoms with Crippen LogP contribution < -0.4 is 5.32 Å². The summed E-state index contributed by atoms with van der Waals surface area (Å²) in [5.41, 5.74) is 3.32. The molecule has 5 nitrogen and oxygen atoms in total. The van der Waals surface area contributed by atoms with Crippen molar-refractivity contribution in [1.29, 1.82) is 0 Å². The van der Waals surface area contributed by atoms with E-state index >= 15 is 0 Å². The number of imide groups is 1. The molecule has 4 aliphatic rings. The fraction of sp³-hybridized carbons (Fsp3) is 0.476. The first-order valence-corrected chi connectivity index (χ1v) is 9.57. The van der Waals surface area contributed by atoms with Gasteiger partial charge in [-0.15, -0.1) is 0 Å². The minimum absolute atomic E-state index is 0.165. The number of rotatable bonds is 3. The van der Waals surface area contributed by atoms with Crippen molar-refractivity contribution in [1.82, 2.24) is 4.90 Å². The fourth-order valence-corrected chi connectivity index (χ4v) is 5.35. The number of hydrogen-bond acceptors (Lipinski definition) is 3. The van der Waals surface area contributed by atoms with Gasteiger partial charge in [-0.25, -0.2) is 0 Å². The summed E-state index contributed by atoms with van der Waals surface area (Å²) in [6.45, 7) is -0.173. The molecular formula is C21H22N2O3. The number of amides is 3. The summed E-state index contributed by atoms with van der Waals surface area (Å²) in [5.74, 6) is -0.744. The van der Waals surface area contributed by atoms with Crippen molar-refractivity contribution in [2.24, 2.45) is 23.7 Å². The van der Waals surface area contributed by atoms with Crippen LogP contribution in [0.3, 0.4) is 0 Å². The Morgan fingerprint density at radius 1 is 1.04 bits per heavy atom. The van der Waals surface area contributed by atoms with Crippen molar-refractivity contribution < 1.29 is 14.4 Å². The van der Waals surface area contributed by atoms with Gasteiger partial charge in [0, 0.05) is 5.69 Å². The number of nitrogens with one attached hydrogen (secondary N) is 1. The number of fused-ring (bicyclic) bond motifs is 6. The van der Waals surface area contributed by atoms with Crippen LogP contribution in [0.1, 0.15) is 30.4 Å². The van der Waals surface area contributed by atoms with Gasteiger partial charge < -0.3 is 5.32 Å². The summed E-state index contributed by atoms with van der Waals surface area (Å²) in [5, 5.41) is 2.94. The zero-order valence-electron chi connectivity index (χ0n) is 14.6. The smallest absolute Gasteiger partial charge is 0.244 e. The molecule has 2 bridgehead atoms. The number of carbonyl (C=O) groups excluding carboxylic acids is 3. The number of allylic oxidation sites excluding steroid dienone is 2. The molecule has 3 aliphatic carbocycles. The van der Waals surface area contributed by atoms with Gasteiger partial charge in [0.15, 0.2) is 0 Å². The van der Waals surface area contributed by atoms with Crippen LogP contribution in [-0.2, 0) is 27.2 Å². The first-order chi connectivity index (χ1) is 12.6. The molecule has 134 valence electrons. The van der Waals surface area contributed by atoms with Crippen molar-refractivity contribution in [2.45, 2.75) is 32.1 Å². The van der Waals surface area contributed by atoms with Gasteiger partial charge in [-0.2, -0.15) is 0 Å². The molecule has 3 amide bonds. The highest BCUT2D eigenvalue weighted by molar-refractivity contribution is 6.09. The van der Waals surface area contributed by atoms with Crippen LogP contribution in [0.25, 0.3) is 0 Å². The van der Waals surface area contributed by atoms with E-state index in [4.69, 9.17) is 0 Å². The highest BCUT2D eigenvalue weighted by atomic mass is 16.2. The summed E-state index contributed by atoms with van der Waals surface area (Å²) in [6.07, 6.45) is 9.35. The first kappa shape index (κ1) is 15.8. The lowest BCUT2D eigenvalue weighted by molar-refractivity contribution is -0.143. The van der Waals surface area contributed by atoms with E-state index < -0.39 is 0 Å². The van der Waals surface area contributed by atoms with E-state index in [2.05, 4.69) is 23.5 Å². The molecule has 5 rings (SSSR count). The second kappa shape index (κ2) is 5.79. The third-order valence-electron chi connectivity index (χ3n) is 6.53. The Labute approximate surface area is 152 Å². The Morgan fingerprint density at radius 3 is 2.46 bits per heavy atom. The van der Waals surface area contributed by atoms with Crippen LogP contribution in [0.4, 0.5) is 5.69 Å². The number of benzene rings is 1. The van der Waals surface area contributed by atoms with Crippen molar-refractivity contribution in [2.75, 3.05) is 11.9 Å². The molecule has 4 atom stereocenters. The van der Waals surface area contributed by atoms with Gasteiger partial charge in [0.25, 0.3) is 0 Å². The molecule has 1 aromatic carbocycles. The van der Waals surface area contributed by atoms with Gasteiger partial charge in [0.05, 0.1) is 11.8 Å². The molecule has 1 aromatic rings. The predicted octanol–water partition coefficient (Wildman–Crippen LogP) is 2.31. The molecule has 1 aliphatic heterocycles. The Kier molecular flexibility index (Phi) is 3.52. The van der Waals surface area contributed by atoms with Gasteiger partial charge in [-0.3, -0.25) is 19.3 Å². The van der Waals surface area contributed by atoms with Crippen LogP contribution in [-0.4, -0.2) is 29.2 Å². The number of anilines is 1. The highest BCUT2D eigenvalue weighted by Crippen LogP contribution is 2.52. The molecule has 1 heterocycles. The lowest BCUT2D eigenvalue weighted by atomic mass is 9.85. The Balaban J connectivity index is 1.31. The van der Waals surface area contributed by atoms with Crippen molar-refractivity contribution in [3.05, 3.63) is 41.5 Å². The standard InChI is InChI=1S/C21H22N2O3/c24-17(22-16-7-3-5-12-4-1-2-6-15(12)16)11-23-20(25)18-13-8-9-14(10-13)19(18)21(23)26/h3,5,7-9,13-14,18-19H,1-2,4,6,10-11H2,(H,22,24)/t13-,14+,18-,19+. The molecule has 1 saturated heterocycles. The number of carbonyl (C=O) groups is 3.